The highest BCUT2D eigenvalue weighted by molar-refractivity contribution is 5.58. The Kier molecular flexibility index (Phi) is 4.79. The van der Waals surface area contributed by atoms with E-state index in [9.17, 15) is 0 Å². The highest BCUT2D eigenvalue weighted by atomic mass is 15.2. The van der Waals surface area contributed by atoms with Crippen LogP contribution < -0.4 is 10.2 Å². The van der Waals surface area contributed by atoms with E-state index in [1.807, 2.05) is 7.05 Å². The van der Waals surface area contributed by atoms with Crippen LogP contribution in [0.4, 0.5) is 11.6 Å². The second-order valence-corrected chi connectivity index (χ2v) is 4.88. The molecule has 0 spiro atoms. The zero-order valence-corrected chi connectivity index (χ0v) is 11.6. The van der Waals surface area contributed by atoms with Gasteiger partial charge in [0.1, 0.15) is 18.0 Å². The van der Waals surface area contributed by atoms with Crippen molar-refractivity contribution in [3.63, 3.8) is 0 Å². The minimum atomic E-state index is 0.975. The molecule has 1 aliphatic rings. The third-order valence-electron chi connectivity index (χ3n) is 3.67. The van der Waals surface area contributed by atoms with Gasteiger partial charge in [-0.05, 0) is 19.3 Å². The lowest BCUT2D eigenvalue weighted by Crippen LogP contribution is -2.29. The van der Waals surface area contributed by atoms with Gasteiger partial charge >= 0.3 is 0 Å². The monoisotopic (exact) mass is 248 g/mol. The van der Waals surface area contributed by atoms with E-state index >= 15 is 0 Å². The number of hydrogen-bond donors (Lipinski definition) is 1. The average Bonchev–Trinajstić information content (AvgIpc) is 2.37. The van der Waals surface area contributed by atoms with Crippen molar-refractivity contribution < 1.29 is 0 Å². The molecule has 18 heavy (non-hydrogen) atoms. The largest absolute Gasteiger partial charge is 0.373 e. The van der Waals surface area contributed by atoms with Gasteiger partial charge in [0.05, 0.1) is 0 Å². The number of nitrogens with zero attached hydrogens (tertiary/aromatic N) is 3. The first-order chi connectivity index (χ1) is 8.86. The van der Waals surface area contributed by atoms with Gasteiger partial charge in [0.2, 0.25) is 0 Å². The molecule has 1 aromatic rings. The summed E-state index contributed by atoms with van der Waals surface area (Å²) in [4.78, 5) is 11.3. The van der Waals surface area contributed by atoms with Crippen molar-refractivity contribution in [1.82, 2.24) is 9.97 Å². The fraction of sp³-hybridized carbons (Fsp3) is 0.714. The Labute approximate surface area is 110 Å². The molecule has 4 heteroatoms. The summed E-state index contributed by atoms with van der Waals surface area (Å²) in [7, 11) is 1.93. The van der Waals surface area contributed by atoms with Crippen molar-refractivity contribution in [2.45, 2.75) is 45.4 Å². The van der Waals surface area contributed by atoms with Gasteiger partial charge in [-0.15, -0.1) is 0 Å². The molecule has 0 radical (unpaired) electrons. The lowest BCUT2D eigenvalue weighted by molar-refractivity contribution is 0.552. The van der Waals surface area contributed by atoms with Crippen LogP contribution in [0.15, 0.2) is 6.33 Å². The van der Waals surface area contributed by atoms with Gasteiger partial charge in [0.15, 0.2) is 0 Å². The first-order valence-corrected chi connectivity index (χ1v) is 7.13. The summed E-state index contributed by atoms with van der Waals surface area (Å²) in [5.41, 5.74) is 1.25. The van der Waals surface area contributed by atoms with Crippen LogP contribution in [-0.4, -0.2) is 30.1 Å². The van der Waals surface area contributed by atoms with Gasteiger partial charge in [0.25, 0.3) is 0 Å². The summed E-state index contributed by atoms with van der Waals surface area (Å²) in [6.07, 6.45) is 9.30. The predicted octanol–water partition coefficient (Wildman–Crippen LogP) is 2.85. The SMILES string of the molecule is CCc1c(NC)ncnc1N1CCCCCCC1. The summed E-state index contributed by atoms with van der Waals surface area (Å²) in [5, 5.41) is 3.18. The van der Waals surface area contributed by atoms with E-state index in [1.165, 1.54) is 37.7 Å². The molecular weight excluding hydrogens is 224 g/mol. The standard InChI is InChI=1S/C14H24N4/c1-3-12-13(15-2)16-11-17-14(12)18-9-7-5-4-6-8-10-18/h11H,3-10H2,1-2H3,(H,15,16,17). The highest BCUT2D eigenvalue weighted by Gasteiger charge is 2.16. The van der Waals surface area contributed by atoms with Crippen LogP contribution >= 0.6 is 0 Å². The summed E-state index contributed by atoms with van der Waals surface area (Å²) in [6.45, 7) is 4.44. The smallest absolute Gasteiger partial charge is 0.137 e. The van der Waals surface area contributed by atoms with Crippen LogP contribution in [0.2, 0.25) is 0 Å². The fourth-order valence-corrected chi connectivity index (χ4v) is 2.68. The molecule has 1 aliphatic heterocycles. The zero-order valence-electron chi connectivity index (χ0n) is 11.6. The molecule has 0 aromatic carbocycles. The van der Waals surface area contributed by atoms with Gasteiger partial charge in [-0.2, -0.15) is 0 Å². The minimum Gasteiger partial charge on any atom is -0.373 e. The fourth-order valence-electron chi connectivity index (χ4n) is 2.68. The first kappa shape index (κ1) is 13.1. The predicted molar refractivity (Wildman–Crippen MR) is 76.3 cm³/mol. The van der Waals surface area contributed by atoms with Crippen molar-refractivity contribution in [3.05, 3.63) is 11.9 Å². The van der Waals surface area contributed by atoms with Crippen molar-refractivity contribution in [2.24, 2.45) is 0 Å². The third kappa shape index (κ3) is 2.92. The number of anilines is 2. The van der Waals surface area contributed by atoms with E-state index in [2.05, 4.69) is 27.1 Å². The molecule has 0 saturated carbocycles. The number of aromatic nitrogens is 2. The van der Waals surface area contributed by atoms with E-state index in [0.717, 1.165) is 31.1 Å². The Morgan fingerprint density at radius 1 is 1.11 bits per heavy atom. The zero-order chi connectivity index (χ0) is 12.8. The quantitative estimate of drug-likeness (QED) is 0.893. The van der Waals surface area contributed by atoms with Gasteiger partial charge in [-0.3, -0.25) is 0 Å². The summed E-state index contributed by atoms with van der Waals surface area (Å²) < 4.78 is 0. The average molecular weight is 248 g/mol. The van der Waals surface area contributed by atoms with E-state index in [0.29, 0.717) is 0 Å². The second kappa shape index (κ2) is 6.57. The van der Waals surface area contributed by atoms with Crippen LogP contribution in [-0.2, 0) is 6.42 Å². The molecule has 1 N–H and O–H groups in total. The molecule has 0 aliphatic carbocycles. The van der Waals surface area contributed by atoms with Crippen molar-refractivity contribution in [2.75, 3.05) is 30.4 Å². The maximum Gasteiger partial charge on any atom is 0.137 e. The van der Waals surface area contributed by atoms with E-state index in [1.54, 1.807) is 6.33 Å². The van der Waals surface area contributed by atoms with Gasteiger partial charge in [-0.25, -0.2) is 9.97 Å². The Bertz CT molecular complexity index is 370. The summed E-state index contributed by atoms with van der Waals surface area (Å²) in [5.74, 6) is 2.11. The Balaban J connectivity index is 2.24. The van der Waals surface area contributed by atoms with Gasteiger partial charge in [0, 0.05) is 25.7 Å². The molecule has 0 atom stereocenters. The van der Waals surface area contributed by atoms with E-state index < -0.39 is 0 Å². The maximum absolute atomic E-state index is 4.53. The Hall–Kier alpha value is -1.32. The molecule has 0 unspecified atom stereocenters. The molecule has 2 heterocycles. The van der Waals surface area contributed by atoms with Crippen LogP contribution in [0.3, 0.4) is 0 Å². The molecule has 100 valence electrons. The molecule has 0 amide bonds. The van der Waals surface area contributed by atoms with Crippen molar-refractivity contribution in [1.29, 1.82) is 0 Å². The van der Waals surface area contributed by atoms with E-state index in [-0.39, 0.29) is 0 Å². The number of rotatable bonds is 3. The normalized spacial score (nSPS) is 17.1. The van der Waals surface area contributed by atoms with Crippen molar-refractivity contribution in [3.8, 4) is 0 Å². The second-order valence-electron chi connectivity index (χ2n) is 4.88. The van der Waals surface area contributed by atoms with Crippen LogP contribution in [0.5, 0.6) is 0 Å². The molecule has 0 bridgehead atoms. The van der Waals surface area contributed by atoms with E-state index in [4.69, 9.17) is 0 Å². The van der Waals surface area contributed by atoms with Crippen LogP contribution in [0.25, 0.3) is 0 Å². The lowest BCUT2D eigenvalue weighted by atomic mass is 10.1. The molecular formula is C14H24N4. The Morgan fingerprint density at radius 3 is 2.39 bits per heavy atom. The number of nitrogens with one attached hydrogen (secondary N) is 1. The maximum atomic E-state index is 4.53. The minimum absolute atomic E-state index is 0.975. The first-order valence-electron chi connectivity index (χ1n) is 7.13. The topological polar surface area (TPSA) is 41.1 Å². The highest BCUT2D eigenvalue weighted by Crippen LogP contribution is 2.25. The molecule has 1 fully saturated rings. The summed E-state index contributed by atoms with van der Waals surface area (Å²) in [6, 6.07) is 0. The molecule has 2 rings (SSSR count). The molecule has 1 saturated heterocycles. The van der Waals surface area contributed by atoms with Crippen LogP contribution in [0, 0.1) is 0 Å². The Morgan fingerprint density at radius 2 is 1.78 bits per heavy atom. The lowest BCUT2D eigenvalue weighted by Gasteiger charge is -2.28. The van der Waals surface area contributed by atoms with Crippen LogP contribution in [0.1, 0.15) is 44.6 Å². The summed E-state index contributed by atoms with van der Waals surface area (Å²) >= 11 is 0. The number of hydrogen-bond acceptors (Lipinski definition) is 4. The molecule has 1 aromatic heterocycles. The van der Waals surface area contributed by atoms with Gasteiger partial charge in [-0.1, -0.05) is 26.2 Å². The van der Waals surface area contributed by atoms with Gasteiger partial charge < -0.3 is 10.2 Å². The van der Waals surface area contributed by atoms with Crippen molar-refractivity contribution >= 4 is 11.6 Å². The third-order valence-corrected chi connectivity index (χ3v) is 3.67. The molecule has 4 nitrogen and oxygen atoms in total.